The molecular formula is C13H22F3IN6O. The molecule has 7 nitrogen and oxygen atoms in total. The molecular weight excluding hydrogens is 440 g/mol. The van der Waals surface area contributed by atoms with Crippen molar-refractivity contribution in [2.24, 2.45) is 4.99 Å². The van der Waals surface area contributed by atoms with Crippen LogP contribution in [0.15, 0.2) is 4.99 Å². The summed E-state index contributed by atoms with van der Waals surface area (Å²) in [5, 5.41) is 19.3. The molecule has 3 N–H and O–H groups in total. The zero-order chi connectivity index (χ0) is 17.0. The molecule has 0 aromatic carbocycles. The Kier molecular flexibility index (Phi) is 7.70. The second-order valence-electron chi connectivity index (χ2n) is 5.36. The minimum atomic E-state index is -4.68. The van der Waals surface area contributed by atoms with Crippen LogP contribution in [-0.2, 0) is 6.54 Å². The molecule has 138 valence electrons. The van der Waals surface area contributed by atoms with E-state index in [1.165, 1.54) is 0 Å². The molecule has 0 spiro atoms. The summed E-state index contributed by atoms with van der Waals surface area (Å²) in [4.78, 5) is 8.18. The number of nitrogens with zero attached hydrogens (tertiary/aromatic N) is 4. The Bertz CT molecular complexity index is 562. The molecule has 0 saturated carbocycles. The van der Waals surface area contributed by atoms with Crippen molar-refractivity contribution in [3.8, 4) is 0 Å². The van der Waals surface area contributed by atoms with Crippen molar-refractivity contribution in [2.45, 2.75) is 51.6 Å². The van der Waals surface area contributed by atoms with E-state index in [1.807, 2.05) is 6.92 Å². The molecule has 1 aromatic rings. The molecule has 2 atom stereocenters. The summed E-state index contributed by atoms with van der Waals surface area (Å²) in [7, 11) is 0. The summed E-state index contributed by atoms with van der Waals surface area (Å²) in [5.41, 5.74) is 0. The Morgan fingerprint density at radius 1 is 1.50 bits per heavy atom. The zero-order valence-corrected chi connectivity index (χ0v) is 15.8. The van der Waals surface area contributed by atoms with E-state index in [0.29, 0.717) is 12.4 Å². The smallest absolute Gasteiger partial charge is 0.382 e. The Hall–Kier alpha value is -1.11. The number of aliphatic hydroxyl groups excluding tert-OH is 1. The number of aryl methyl sites for hydroxylation is 2. The van der Waals surface area contributed by atoms with Crippen LogP contribution in [0, 0.1) is 6.92 Å². The first kappa shape index (κ1) is 20.9. The molecule has 0 saturated heterocycles. The van der Waals surface area contributed by atoms with Crippen LogP contribution in [0.2, 0.25) is 0 Å². The van der Waals surface area contributed by atoms with Gasteiger partial charge in [0.05, 0.1) is 12.6 Å². The number of guanidine groups is 1. The Balaban J connectivity index is 0.00000288. The van der Waals surface area contributed by atoms with E-state index in [-0.39, 0.29) is 36.0 Å². The molecule has 0 fully saturated rings. The van der Waals surface area contributed by atoms with Gasteiger partial charge in [-0.15, -0.1) is 24.0 Å². The molecule has 11 heteroatoms. The van der Waals surface area contributed by atoms with Gasteiger partial charge < -0.3 is 15.7 Å². The van der Waals surface area contributed by atoms with Crippen LogP contribution in [0.4, 0.5) is 13.2 Å². The molecule has 1 aliphatic rings. The number of hydrogen-bond acceptors (Lipinski definition) is 4. The van der Waals surface area contributed by atoms with Crippen molar-refractivity contribution in [1.82, 2.24) is 25.4 Å². The summed E-state index contributed by atoms with van der Waals surface area (Å²) in [6.07, 6.45) is -5.49. The third-order valence-electron chi connectivity index (χ3n) is 3.44. The van der Waals surface area contributed by atoms with Gasteiger partial charge in [0, 0.05) is 13.1 Å². The average Bonchev–Trinajstić information content (AvgIpc) is 2.85. The van der Waals surface area contributed by atoms with Crippen molar-refractivity contribution >= 4 is 29.9 Å². The molecule has 1 aliphatic heterocycles. The lowest BCUT2D eigenvalue weighted by Crippen LogP contribution is -2.42. The van der Waals surface area contributed by atoms with E-state index in [4.69, 9.17) is 5.11 Å². The zero-order valence-electron chi connectivity index (χ0n) is 13.5. The third kappa shape index (κ3) is 5.46. The van der Waals surface area contributed by atoms with Gasteiger partial charge in [-0.1, -0.05) is 0 Å². The van der Waals surface area contributed by atoms with Crippen molar-refractivity contribution in [2.75, 3.05) is 13.1 Å². The normalized spacial score (nSPS) is 19.2. The van der Waals surface area contributed by atoms with Crippen molar-refractivity contribution in [3.63, 3.8) is 0 Å². The van der Waals surface area contributed by atoms with Crippen molar-refractivity contribution in [1.29, 1.82) is 0 Å². The van der Waals surface area contributed by atoms with Crippen LogP contribution >= 0.6 is 24.0 Å². The molecule has 0 bridgehead atoms. The topological polar surface area (TPSA) is 87.4 Å². The Morgan fingerprint density at radius 2 is 2.21 bits per heavy atom. The average molecular weight is 462 g/mol. The molecule has 2 heterocycles. The fourth-order valence-electron chi connectivity index (χ4n) is 2.37. The molecule has 1 aromatic heterocycles. The Morgan fingerprint density at radius 3 is 2.83 bits per heavy atom. The van der Waals surface area contributed by atoms with E-state index >= 15 is 0 Å². The maximum absolute atomic E-state index is 12.4. The number of fused-ring (bicyclic) bond motifs is 1. The van der Waals surface area contributed by atoms with Gasteiger partial charge in [-0.05, 0) is 26.7 Å². The first-order chi connectivity index (χ1) is 10.8. The van der Waals surface area contributed by atoms with Crippen LogP contribution < -0.4 is 10.6 Å². The number of nitrogens with one attached hydrogen (secondary N) is 2. The first-order valence-corrected chi connectivity index (χ1v) is 7.52. The fourth-order valence-corrected chi connectivity index (χ4v) is 2.37. The summed E-state index contributed by atoms with van der Waals surface area (Å²) < 4.78 is 38.9. The van der Waals surface area contributed by atoms with Gasteiger partial charge >= 0.3 is 6.18 Å². The van der Waals surface area contributed by atoms with Crippen LogP contribution in [0.25, 0.3) is 0 Å². The highest BCUT2D eigenvalue weighted by atomic mass is 127. The minimum absolute atomic E-state index is 0. The van der Waals surface area contributed by atoms with Crippen LogP contribution in [0.5, 0.6) is 0 Å². The third-order valence-corrected chi connectivity index (χ3v) is 3.44. The van der Waals surface area contributed by atoms with E-state index in [1.54, 1.807) is 11.6 Å². The Labute approximate surface area is 155 Å². The van der Waals surface area contributed by atoms with Crippen molar-refractivity contribution in [3.05, 3.63) is 11.6 Å². The predicted octanol–water partition coefficient (Wildman–Crippen LogP) is 1.52. The number of aromatic nitrogens is 3. The van der Waals surface area contributed by atoms with E-state index in [9.17, 15) is 13.2 Å². The van der Waals surface area contributed by atoms with Gasteiger partial charge in [-0.3, -0.25) is 4.99 Å². The number of aliphatic imine (C=N–C) groups is 1. The number of hydrogen-bond donors (Lipinski definition) is 3. The minimum Gasteiger partial charge on any atom is -0.382 e. The van der Waals surface area contributed by atoms with Gasteiger partial charge in [-0.2, -0.15) is 18.3 Å². The monoisotopic (exact) mass is 462 g/mol. The number of aliphatic hydroxyl groups is 1. The largest absolute Gasteiger partial charge is 0.416 e. The molecule has 2 unspecified atom stereocenters. The molecule has 0 amide bonds. The second-order valence-corrected chi connectivity index (χ2v) is 5.36. The van der Waals surface area contributed by atoms with Gasteiger partial charge in [-0.25, -0.2) is 9.67 Å². The van der Waals surface area contributed by atoms with Crippen LogP contribution in [0.3, 0.4) is 0 Å². The predicted molar refractivity (Wildman–Crippen MR) is 93.3 cm³/mol. The van der Waals surface area contributed by atoms with E-state index in [2.05, 4.69) is 25.7 Å². The summed E-state index contributed by atoms with van der Waals surface area (Å²) in [6, 6.07) is -0.175. The maximum atomic E-state index is 12.4. The summed E-state index contributed by atoms with van der Waals surface area (Å²) in [6.45, 7) is 4.12. The summed E-state index contributed by atoms with van der Waals surface area (Å²) in [5.74, 6) is 1.62. The van der Waals surface area contributed by atoms with Gasteiger partial charge in [0.2, 0.25) is 0 Å². The van der Waals surface area contributed by atoms with Gasteiger partial charge in [0.25, 0.3) is 0 Å². The summed E-state index contributed by atoms with van der Waals surface area (Å²) >= 11 is 0. The second kappa shape index (κ2) is 8.83. The SMILES string of the molecule is CCNC(=NCC(O)C(F)(F)F)NC1CCCn2nc(C)nc21.I. The van der Waals surface area contributed by atoms with Crippen LogP contribution in [-0.4, -0.2) is 51.2 Å². The van der Waals surface area contributed by atoms with E-state index < -0.39 is 18.8 Å². The highest BCUT2D eigenvalue weighted by Crippen LogP contribution is 2.23. The van der Waals surface area contributed by atoms with Crippen LogP contribution in [0.1, 0.15) is 37.5 Å². The molecule has 0 radical (unpaired) electrons. The van der Waals surface area contributed by atoms with Gasteiger partial charge in [0.15, 0.2) is 12.1 Å². The van der Waals surface area contributed by atoms with Gasteiger partial charge in [0.1, 0.15) is 11.6 Å². The molecule has 0 aliphatic carbocycles. The lowest BCUT2D eigenvalue weighted by atomic mass is 10.1. The highest BCUT2D eigenvalue weighted by Gasteiger charge is 2.38. The highest BCUT2D eigenvalue weighted by molar-refractivity contribution is 14.0. The van der Waals surface area contributed by atoms with Crippen molar-refractivity contribution < 1.29 is 18.3 Å². The quantitative estimate of drug-likeness (QED) is 0.359. The maximum Gasteiger partial charge on any atom is 0.416 e. The standard InChI is InChI=1S/C13H21F3N6O.HI/c1-3-17-12(18-7-10(23)13(14,15)16)20-9-5-4-6-22-11(9)19-8(2)21-22;/h9-10,23H,3-7H2,1-2H3,(H2,17,18,20);1H. The molecule has 24 heavy (non-hydrogen) atoms. The number of alkyl halides is 3. The fraction of sp³-hybridized carbons (Fsp3) is 0.769. The number of halogens is 4. The first-order valence-electron chi connectivity index (χ1n) is 7.52. The molecule has 2 rings (SSSR count). The lowest BCUT2D eigenvalue weighted by molar-refractivity contribution is -0.199. The lowest BCUT2D eigenvalue weighted by Gasteiger charge is -2.25. The number of rotatable bonds is 4. The van der Waals surface area contributed by atoms with E-state index in [0.717, 1.165) is 25.2 Å².